The fraction of sp³-hybridized carbons (Fsp3) is 0.364. The Kier molecular flexibility index (Phi) is 2.60. The molecule has 5 nitrogen and oxygen atoms in total. The molecule has 0 aliphatic heterocycles. The molecule has 84 valence electrons. The highest BCUT2D eigenvalue weighted by Crippen LogP contribution is 2.29. The van der Waals surface area contributed by atoms with Gasteiger partial charge in [-0.1, -0.05) is 16.9 Å². The summed E-state index contributed by atoms with van der Waals surface area (Å²) in [5, 5.41) is 8.64. The highest BCUT2D eigenvalue weighted by Gasteiger charge is 2.19. The third-order valence-corrected chi connectivity index (χ3v) is 2.55. The summed E-state index contributed by atoms with van der Waals surface area (Å²) in [6.07, 6.45) is 0. The summed E-state index contributed by atoms with van der Waals surface area (Å²) in [4.78, 5) is 3.36. The van der Waals surface area contributed by atoms with Crippen molar-refractivity contribution in [1.82, 2.24) is 15.0 Å². The van der Waals surface area contributed by atoms with Gasteiger partial charge in [-0.05, 0) is 28.4 Å². The lowest BCUT2D eigenvalue weighted by molar-refractivity contribution is -0.806. The summed E-state index contributed by atoms with van der Waals surface area (Å²) >= 11 is 0. The number of aryl methyl sites for hydroxylation is 3. The quantitative estimate of drug-likeness (QED) is 0.696. The van der Waals surface area contributed by atoms with Gasteiger partial charge in [-0.15, -0.1) is 0 Å². The highest BCUT2D eigenvalue weighted by molar-refractivity contribution is 5.65. The first-order valence-electron chi connectivity index (χ1n) is 5.05. The molecule has 0 aliphatic rings. The maximum absolute atomic E-state index is 5.38. The van der Waals surface area contributed by atoms with E-state index in [-0.39, 0.29) is 0 Å². The monoisotopic (exact) mass is 219 g/mol. The Labute approximate surface area is 94.3 Å². The Morgan fingerprint density at radius 3 is 2.69 bits per heavy atom. The molecule has 0 saturated carbocycles. The molecule has 0 radical (unpaired) electrons. The van der Waals surface area contributed by atoms with Crippen molar-refractivity contribution in [2.45, 2.75) is 6.92 Å². The largest absolute Gasteiger partial charge is 0.496 e. The van der Waals surface area contributed by atoms with Crippen LogP contribution in [0.3, 0.4) is 0 Å². The second-order valence-electron chi connectivity index (χ2n) is 3.66. The van der Waals surface area contributed by atoms with E-state index in [1.54, 1.807) is 16.7 Å². The Morgan fingerprint density at radius 2 is 2.12 bits per heavy atom. The van der Waals surface area contributed by atoms with E-state index in [0.717, 1.165) is 16.9 Å². The molecule has 2 aromatic rings. The average Bonchev–Trinajstić information content (AvgIpc) is 2.59. The molecule has 1 aromatic heterocycles. The number of hydrogen-bond donors (Lipinski definition) is 0. The van der Waals surface area contributed by atoms with E-state index in [4.69, 9.17) is 4.74 Å². The van der Waals surface area contributed by atoms with Crippen molar-refractivity contribution >= 4 is 0 Å². The molecular formula is C11H15N4O+. The zero-order chi connectivity index (χ0) is 11.7. The molecule has 0 amide bonds. The molecule has 16 heavy (non-hydrogen) atoms. The second kappa shape index (κ2) is 3.92. The SMILES string of the molecule is COc1c(C)cccc1-c1nn(C)[n+](C)n1. The van der Waals surface area contributed by atoms with Crippen molar-refractivity contribution in [2.75, 3.05) is 7.11 Å². The molecular weight excluding hydrogens is 204 g/mol. The van der Waals surface area contributed by atoms with Crippen molar-refractivity contribution in [1.29, 1.82) is 0 Å². The van der Waals surface area contributed by atoms with Gasteiger partial charge in [-0.25, -0.2) is 0 Å². The number of aromatic nitrogens is 4. The highest BCUT2D eigenvalue weighted by atomic mass is 16.5. The predicted molar refractivity (Wildman–Crippen MR) is 58.9 cm³/mol. The molecule has 0 spiro atoms. The predicted octanol–water partition coefficient (Wildman–Crippen LogP) is 0.624. The maximum atomic E-state index is 5.38. The van der Waals surface area contributed by atoms with Crippen LogP contribution in [0.2, 0.25) is 0 Å². The molecule has 0 saturated heterocycles. The lowest BCUT2D eigenvalue weighted by Gasteiger charge is -2.05. The van der Waals surface area contributed by atoms with Gasteiger partial charge in [0.1, 0.15) is 12.8 Å². The lowest BCUT2D eigenvalue weighted by atomic mass is 10.1. The number of para-hydroxylation sites is 1. The first kappa shape index (κ1) is 10.6. The molecule has 0 N–H and O–H groups in total. The van der Waals surface area contributed by atoms with Gasteiger partial charge in [0.25, 0.3) is 0 Å². The molecule has 1 aromatic carbocycles. The molecule has 0 fully saturated rings. The van der Waals surface area contributed by atoms with Crippen molar-refractivity contribution < 1.29 is 9.53 Å². The summed E-state index contributed by atoms with van der Waals surface area (Å²) in [5.41, 5.74) is 1.99. The molecule has 1 heterocycles. The number of ether oxygens (including phenoxy) is 1. The van der Waals surface area contributed by atoms with Crippen LogP contribution in [0, 0.1) is 6.92 Å². The zero-order valence-corrected chi connectivity index (χ0v) is 9.93. The van der Waals surface area contributed by atoms with Crippen molar-refractivity contribution in [2.24, 2.45) is 14.1 Å². The second-order valence-corrected chi connectivity index (χ2v) is 3.66. The van der Waals surface area contributed by atoms with Gasteiger partial charge in [0.2, 0.25) is 0 Å². The summed E-state index contributed by atoms with van der Waals surface area (Å²) in [5.74, 6) is 1.50. The van der Waals surface area contributed by atoms with Gasteiger partial charge in [-0.3, -0.25) is 0 Å². The normalized spacial score (nSPS) is 10.5. The third kappa shape index (κ3) is 1.64. The summed E-state index contributed by atoms with van der Waals surface area (Å²) < 4.78 is 5.38. The van der Waals surface area contributed by atoms with E-state index >= 15 is 0 Å². The van der Waals surface area contributed by atoms with Gasteiger partial charge in [0, 0.05) is 0 Å². The van der Waals surface area contributed by atoms with E-state index < -0.39 is 0 Å². The number of rotatable bonds is 2. The third-order valence-electron chi connectivity index (χ3n) is 2.55. The van der Waals surface area contributed by atoms with Crippen LogP contribution in [0.25, 0.3) is 11.4 Å². The minimum Gasteiger partial charge on any atom is -0.496 e. The number of benzene rings is 1. The molecule has 0 unspecified atom stereocenters. The minimum atomic E-state index is 0.672. The van der Waals surface area contributed by atoms with Gasteiger partial charge in [-0.2, -0.15) is 0 Å². The molecule has 2 rings (SSSR count). The van der Waals surface area contributed by atoms with Crippen LogP contribution in [0.5, 0.6) is 5.75 Å². The number of hydrogen-bond acceptors (Lipinski definition) is 3. The topological polar surface area (TPSA) is 43.8 Å². The Balaban J connectivity index is 2.59. The smallest absolute Gasteiger partial charge is 0.342 e. The van der Waals surface area contributed by atoms with Crippen LogP contribution in [-0.2, 0) is 14.1 Å². The average molecular weight is 219 g/mol. The Hall–Kier alpha value is -1.91. The van der Waals surface area contributed by atoms with Crippen molar-refractivity contribution in [3.8, 4) is 17.1 Å². The van der Waals surface area contributed by atoms with Crippen LogP contribution in [0.1, 0.15) is 5.56 Å². The fourth-order valence-electron chi connectivity index (χ4n) is 1.63. The van der Waals surface area contributed by atoms with Gasteiger partial charge in [0.05, 0.1) is 24.8 Å². The Bertz CT molecular complexity index is 499. The van der Waals surface area contributed by atoms with Crippen LogP contribution < -0.4 is 9.53 Å². The van der Waals surface area contributed by atoms with E-state index in [2.05, 4.69) is 10.2 Å². The molecule has 5 heteroatoms. The van der Waals surface area contributed by atoms with Crippen LogP contribution in [0.15, 0.2) is 18.2 Å². The molecule has 0 atom stereocenters. The van der Waals surface area contributed by atoms with Crippen LogP contribution in [0.4, 0.5) is 0 Å². The number of tetrazole rings is 1. The van der Waals surface area contributed by atoms with Gasteiger partial charge < -0.3 is 4.74 Å². The Morgan fingerprint density at radius 1 is 1.38 bits per heavy atom. The lowest BCUT2D eigenvalue weighted by Crippen LogP contribution is -2.40. The van der Waals surface area contributed by atoms with E-state index in [9.17, 15) is 0 Å². The van der Waals surface area contributed by atoms with Gasteiger partial charge >= 0.3 is 5.82 Å². The maximum Gasteiger partial charge on any atom is 0.342 e. The summed E-state index contributed by atoms with van der Waals surface area (Å²) in [6.45, 7) is 2.01. The molecule has 0 aliphatic carbocycles. The fourth-order valence-corrected chi connectivity index (χ4v) is 1.63. The van der Waals surface area contributed by atoms with Crippen molar-refractivity contribution in [3.63, 3.8) is 0 Å². The van der Waals surface area contributed by atoms with Gasteiger partial charge in [0.15, 0.2) is 0 Å². The first-order valence-corrected chi connectivity index (χ1v) is 5.05. The van der Waals surface area contributed by atoms with E-state index in [1.165, 1.54) is 0 Å². The van der Waals surface area contributed by atoms with Crippen molar-refractivity contribution in [3.05, 3.63) is 23.8 Å². The summed E-state index contributed by atoms with van der Waals surface area (Å²) in [7, 11) is 5.35. The minimum absolute atomic E-state index is 0.672. The number of methoxy groups -OCH3 is 1. The zero-order valence-electron chi connectivity index (χ0n) is 9.93. The van der Waals surface area contributed by atoms with Crippen LogP contribution in [-0.4, -0.2) is 22.1 Å². The molecule has 0 bridgehead atoms. The summed E-state index contributed by atoms with van der Waals surface area (Å²) in [6, 6.07) is 5.94. The number of nitrogens with zero attached hydrogens (tertiary/aromatic N) is 4. The van der Waals surface area contributed by atoms with Crippen LogP contribution >= 0.6 is 0 Å². The van der Waals surface area contributed by atoms with E-state index in [1.807, 2.05) is 39.2 Å². The standard InChI is InChI=1S/C11H15N4O/c1-8-6-5-7-9(10(8)16-4)11-12-14(2)15(3)13-11/h5-7H,1-4H3/q+1. The first-order chi connectivity index (χ1) is 7.63. The van der Waals surface area contributed by atoms with E-state index in [0.29, 0.717) is 5.82 Å².